The lowest BCUT2D eigenvalue weighted by Gasteiger charge is -2.31. The van der Waals surface area contributed by atoms with Gasteiger partial charge in [0.1, 0.15) is 17.3 Å². The molecule has 0 radical (unpaired) electrons. The van der Waals surface area contributed by atoms with Crippen molar-refractivity contribution in [3.63, 3.8) is 0 Å². The van der Waals surface area contributed by atoms with Crippen molar-refractivity contribution < 1.29 is 9.13 Å². The van der Waals surface area contributed by atoms with Gasteiger partial charge in [0.2, 0.25) is 0 Å². The second kappa shape index (κ2) is 15.6. The third-order valence-corrected chi connectivity index (χ3v) is 7.73. The predicted octanol–water partition coefficient (Wildman–Crippen LogP) is 7.48. The van der Waals surface area contributed by atoms with Crippen LogP contribution in [0.2, 0.25) is 0 Å². The van der Waals surface area contributed by atoms with Gasteiger partial charge in [-0.2, -0.15) is 5.10 Å². The van der Waals surface area contributed by atoms with Gasteiger partial charge < -0.3 is 9.64 Å². The first-order valence-electron chi connectivity index (χ1n) is 14.1. The van der Waals surface area contributed by atoms with E-state index in [1.54, 1.807) is 30.9 Å². The third kappa shape index (κ3) is 8.09. The lowest BCUT2D eigenvalue weighted by Crippen LogP contribution is -2.25. The predicted molar refractivity (Wildman–Crippen MR) is 167 cm³/mol. The van der Waals surface area contributed by atoms with Gasteiger partial charge in [0.15, 0.2) is 12.0 Å². The molecule has 4 rings (SSSR count). The molecule has 1 unspecified atom stereocenters. The summed E-state index contributed by atoms with van der Waals surface area (Å²) in [6.45, 7) is 10.1. The summed E-state index contributed by atoms with van der Waals surface area (Å²) in [5.74, 6) is 1.76. The summed E-state index contributed by atoms with van der Waals surface area (Å²) < 4.78 is 23.0. The first-order valence-corrected chi connectivity index (χ1v) is 14.9. The molecular weight excluding hydrogens is 585 g/mol. The van der Waals surface area contributed by atoms with Gasteiger partial charge >= 0.3 is 0 Å². The maximum absolute atomic E-state index is 15.0. The van der Waals surface area contributed by atoms with Crippen LogP contribution in [0, 0.1) is 5.92 Å². The molecule has 0 aromatic carbocycles. The van der Waals surface area contributed by atoms with E-state index < -0.39 is 6.17 Å². The third-order valence-electron chi connectivity index (χ3n) is 6.97. The molecule has 1 atom stereocenters. The Hall–Kier alpha value is -3.40. The van der Waals surface area contributed by atoms with E-state index in [-0.39, 0.29) is 17.6 Å². The molecule has 0 spiro atoms. The van der Waals surface area contributed by atoms with Crippen molar-refractivity contribution in [2.45, 2.75) is 58.5 Å². The SMILES string of the molecule is C=C(OCC)C(F)C1CCC(c2ncc(-c3ccc(-c4ncccn4)nc3)cnn(C)c(N(C)C)c2Br)CC1.CC. The van der Waals surface area contributed by atoms with E-state index in [1.165, 1.54) is 0 Å². The number of aromatic nitrogens is 6. The largest absolute Gasteiger partial charge is 0.496 e. The maximum atomic E-state index is 15.0. The second-order valence-electron chi connectivity index (χ2n) is 9.82. The zero-order chi connectivity index (χ0) is 29.9. The van der Waals surface area contributed by atoms with Crippen LogP contribution >= 0.6 is 15.9 Å². The van der Waals surface area contributed by atoms with Gasteiger partial charge in [-0.15, -0.1) is 0 Å². The van der Waals surface area contributed by atoms with E-state index in [0.29, 0.717) is 18.1 Å². The van der Waals surface area contributed by atoms with Crippen LogP contribution in [0.3, 0.4) is 0 Å². The first-order chi connectivity index (χ1) is 19.8. The summed E-state index contributed by atoms with van der Waals surface area (Å²) in [4.78, 5) is 20.1. The number of allylic oxidation sites excluding steroid dienone is 1. The normalized spacial score (nSPS) is 17.0. The Bertz CT molecular complexity index is 1320. The highest BCUT2D eigenvalue weighted by molar-refractivity contribution is 9.10. The number of anilines is 1. The quantitative estimate of drug-likeness (QED) is 0.240. The fraction of sp³-hybridized carbons (Fsp3) is 0.452. The molecule has 1 fully saturated rings. The van der Waals surface area contributed by atoms with Gasteiger partial charge in [-0.05, 0) is 66.6 Å². The zero-order valence-electron chi connectivity index (χ0n) is 24.9. The van der Waals surface area contributed by atoms with Crippen molar-refractivity contribution in [2.75, 3.05) is 25.6 Å². The average molecular weight is 627 g/mol. The average Bonchev–Trinajstić information content (AvgIpc) is 3.06. The van der Waals surface area contributed by atoms with Gasteiger partial charge in [0, 0.05) is 63.0 Å². The number of pyridine rings is 1. The highest BCUT2D eigenvalue weighted by Crippen LogP contribution is 2.42. The zero-order valence-corrected chi connectivity index (χ0v) is 26.5. The maximum Gasteiger partial charge on any atom is 0.178 e. The van der Waals surface area contributed by atoms with E-state index in [1.807, 2.05) is 69.8 Å². The molecule has 8 nitrogen and oxygen atoms in total. The van der Waals surface area contributed by atoms with Crippen LogP contribution in [-0.2, 0) is 11.8 Å². The highest BCUT2D eigenvalue weighted by Gasteiger charge is 2.32. The van der Waals surface area contributed by atoms with E-state index in [4.69, 9.17) is 14.8 Å². The van der Waals surface area contributed by atoms with Crippen molar-refractivity contribution in [3.05, 3.63) is 71.7 Å². The summed E-state index contributed by atoms with van der Waals surface area (Å²) in [6, 6.07) is 5.64. The molecule has 1 saturated carbocycles. The van der Waals surface area contributed by atoms with Crippen molar-refractivity contribution >= 4 is 21.7 Å². The Balaban J connectivity index is 0.00000226. The van der Waals surface area contributed by atoms with Crippen LogP contribution in [0.25, 0.3) is 22.6 Å². The van der Waals surface area contributed by atoms with E-state index in [0.717, 1.165) is 52.8 Å². The molecule has 220 valence electrons. The molecule has 1 aliphatic rings. The molecular formula is C31H41BrFN7O. The minimum absolute atomic E-state index is 0.0939. The van der Waals surface area contributed by atoms with Crippen LogP contribution in [0.15, 0.2) is 66.0 Å². The molecule has 10 heteroatoms. The van der Waals surface area contributed by atoms with Crippen LogP contribution in [0.5, 0.6) is 0 Å². The van der Waals surface area contributed by atoms with Gasteiger partial charge in [0.05, 0.1) is 23.0 Å². The Morgan fingerprint density at radius 2 is 1.71 bits per heavy atom. The van der Waals surface area contributed by atoms with Gasteiger partial charge in [-0.25, -0.2) is 14.4 Å². The number of ether oxygens (including phenoxy) is 1. The van der Waals surface area contributed by atoms with E-state index in [9.17, 15) is 4.39 Å². The van der Waals surface area contributed by atoms with Crippen molar-refractivity contribution in [3.8, 4) is 22.6 Å². The lowest BCUT2D eigenvalue weighted by molar-refractivity contribution is 0.112. The number of rotatable bonds is 8. The number of hydrogen-bond acceptors (Lipinski definition) is 7. The summed E-state index contributed by atoms with van der Waals surface area (Å²) in [7, 11) is 5.86. The van der Waals surface area contributed by atoms with Crippen LogP contribution in [0.1, 0.15) is 58.1 Å². The van der Waals surface area contributed by atoms with Gasteiger partial charge in [0.25, 0.3) is 0 Å². The highest BCUT2D eigenvalue weighted by atomic mass is 79.9. The molecule has 0 bridgehead atoms. The number of halogens is 2. The molecule has 3 heterocycles. The van der Waals surface area contributed by atoms with Gasteiger partial charge in [-0.1, -0.05) is 26.5 Å². The molecule has 3 aromatic rings. The van der Waals surface area contributed by atoms with Crippen molar-refractivity contribution in [2.24, 2.45) is 13.0 Å². The fourth-order valence-corrected chi connectivity index (χ4v) is 5.99. The number of nitrogens with zero attached hydrogens (tertiary/aromatic N) is 7. The van der Waals surface area contributed by atoms with E-state index in [2.05, 4.69) is 37.5 Å². The monoisotopic (exact) mass is 625 g/mol. The molecule has 0 aliphatic heterocycles. The minimum atomic E-state index is -1.15. The summed E-state index contributed by atoms with van der Waals surface area (Å²) in [5.41, 5.74) is 3.31. The fourth-order valence-electron chi connectivity index (χ4n) is 4.95. The number of hydrogen-bond donors (Lipinski definition) is 0. The van der Waals surface area contributed by atoms with Gasteiger partial charge in [-0.3, -0.25) is 14.6 Å². The summed E-state index contributed by atoms with van der Waals surface area (Å²) in [5, 5.41) is 4.70. The molecule has 0 N–H and O–H groups in total. The molecule has 0 saturated heterocycles. The van der Waals surface area contributed by atoms with Crippen LogP contribution in [0.4, 0.5) is 10.2 Å². The lowest BCUT2D eigenvalue weighted by atomic mass is 9.78. The Morgan fingerprint density at radius 1 is 1.05 bits per heavy atom. The molecule has 1 aliphatic carbocycles. The Labute approximate surface area is 251 Å². The van der Waals surface area contributed by atoms with Crippen LogP contribution < -0.4 is 4.90 Å². The molecule has 3 aromatic heterocycles. The standard InChI is InChI=1S/C29H35BrFN7O.C2H6/c1-6-39-19(2)26(31)20-8-10-21(11-9-20)27-25(30)29(37(3)4)38(5)36-18-23(17-35-27)22-12-13-24(34-16-22)28-32-14-7-15-33-28;1-2/h7,12-18,20-21,26H,2,6,8-11H2,1,3-5H3;1-2H3. The second-order valence-corrected chi connectivity index (χ2v) is 10.6. The first kappa shape index (κ1) is 32.1. The summed E-state index contributed by atoms with van der Waals surface area (Å²) >= 11 is 3.84. The number of aryl methyl sites for hydroxylation is 1. The van der Waals surface area contributed by atoms with Crippen molar-refractivity contribution in [1.29, 1.82) is 0 Å². The van der Waals surface area contributed by atoms with Crippen molar-refractivity contribution in [1.82, 2.24) is 29.7 Å². The minimum Gasteiger partial charge on any atom is -0.496 e. The topological polar surface area (TPSA) is 81.9 Å². The van der Waals surface area contributed by atoms with Crippen LogP contribution in [-0.4, -0.2) is 56.6 Å². The van der Waals surface area contributed by atoms with E-state index >= 15 is 0 Å². The Kier molecular flexibility index (Phi) is 12.2. The molecule has 0 amide bonds. The summed E-state index contributed by atoms with van der Waals surface area (Å²) in [6.07, 6.45) is 10.8. The molecule has 41 heavy (non-hydrogen) atoms. The number of alkyl halides is 1. The Morgan fingerprint density at radius 3 is 2.29 bits per heavy atom. The smallest absolute Gasteiger partial charge is 0.178 e.